The number of hydrogen-bond donors (Lipinski definition) is 2. The predicted molar refractivity (Wildman–Crippen MR) is 85.8 cm³/mol. The van der Waals surface area contributed by atoms with Crippen molar-refractivity contribution in [2.45, 2.75) is 25.5 Å². The fourth-order valence-corrected chi connectivity index (χ4v) is 3.04. The summed E-state index contributed by atoms with van der Waals surface area (Å²) in [7, 11) is 0. The van der Waals surface area contributed by atoms with Crippen molar-refractivity contribution >= 4 is 5.82 Å². The van der Waals surface area contributed by atoms with Gasteiger partial charge in [0.25, 0.3) is 0 Å². The Morgan fingerprint density at radius 2 is 1.91 bits per heavy atom. The lowest BCUT2D eigenvalue weighted by atomic mass is 9.89. The minimum absolute atomic E-state index is 0.275. The lowest BCUT2D eigenvalue weighted by molar-refractivity contribution is 0.0540. The first-order chi connectivity index (χ1) is 10.7. The van der Waals surface area contributed by atoms with E-state index in [1.165, 1.54) is 0 Å². The Kier molecular flexibility index (Phi) is 4.65. The van der Waals surface area contributed by atoms with Crippen LogP contribution in [-0.2, 0) is 6.54 Å². The monoisotopic (exact) mass is 298 g/mol. The Labute approximate surface area is 130 Å². The predicted octanol–water partition coefficient (Wildman–Crippen LogP) is 2.00. The molecule has 0 aromatic carbocycles. The van der Waals surface area contributed by atoms with Crippen LogP contribution >= 0.6 is 0 Å². The molecule has 0 radical (unpaired) electrons. The van der Waals surface area contributed by atoms with Crippen LogP contribution in [0.2, 0.25) is 0 Å². The molecule has 3 heterocycles. The molecule has 5 heteroatoms. The number of likely N-dealkylation sites (tertiary alicyclic amines) is 1. The molecule has 0 spiro atoms. The van der Waals surface area contributed by atoms with Crippen LogP contribution in [0.15, 0.2) is 42.7 Å². The number of nitrogens with two attached hydrogens (primary N) is 1. The van der Waals surface area contributed by atoms with Crippen molar-refractivity contribution in [3.05, 3.63) is 54.0 Å². The van der Waals surface area contributed by atoms with Gasteiger partial charge in [0.2, 0.25) is 0 Å². The van der Waals surface area contributed by atoms with E-state index in [1.54, 1.807) is 12.4 Å². The van der Waals surface area contributed by atoms with E-state index < -0.39 is 6.10 Å². The first kappa shape index (κ1) is 14.9. The molecule has 116 valence electrons. The molecule has 0 amide bonds. The van der Waals surface area contributed by atoms with Crippen molar-refractivity contribution in [1.29, 1.82) is 0 Å². The number of aromatic nitrogens is 2. The second-order valence-electron chi connectivity index (χ2n) is 5.86. The summed E-state index contributed by atoms with van der Waals surface area (Å²) < 4.78 is 0. The molecule has 3 rings (SSSR count). The summed E-state index contributed by atoms with van der Waals surface area (Å²) >= 11 is 0. The number of pyridine rings is 2. The maximum Gasteiger partial charge on any atom is 0.127 e. The van der Waals surface area contributed by atoms with Gasteiger partial charge in [-0.2, -0.15) is 0 Å². The number of aliphatic hydroxyl groups is 1. The van der Waals surface area contributed by atoms with E-state index in [4.69, 9.17) is 5.73 Å². The zero-order valence-electron chi connectivity index (χ0n) is 12.6. The van der Waals surface area contributed by atoms with Gasteiger partial charge < -0.3 is 10.8 Å². The molecule has 1 aliphatic heterocycles. The standard InChI is InChI=1S/C17H22N4O/c18-17-14(4-3-9-20-17)12-21-10-6-13(7-11-21)16(22)15-5-1-2-8-19-15/h1-5,8-9,13,16,22H,6-7,10-12H2,(H2,18,20). The number of aliphatic hydroxyl groups excluding tert-OH is 1. The normalized spacial score (nSPS) is 18.2. The lowest BCUT2D eigenvalue weighted by Crippen LogP contribution is -2.35. The van der Waals surface area contributed by atoms with Gasteiger partial charge in [-0.3, -0.25) is 9.88 Å². The van der Waals surface area contributed by atoms with Gasteiger partial charge in [-0.25, -0.2) is 4.98 Å². The highest BCUT2D eigenvalue weighted by molar-refractivity contribution is 5.38. The van der Waals surface area contributed by atoms with Gasteiger partial charge in [0.05, 0.1) is 11.8 Å². The number of rotatable bonds is 4. The van der Waals surface area contributed by atoms with Crippen molar-refractivity contribution in [2.24, 2.45) is 5.92 Å². The highest BCUT2D eigenvalue weighted by atomic mass is 16.3. The number of anilines is 1. The molecule has 0 saturated carbocycles. The first-order valence-corrected chi connectivity index (χ1v) is 7.75. The molecule has 1 aliphatic rings. The third-order valence-electron chi connectivity index (χ3n) is 4.39. The molecule has 1 unspecified atom stereocenters. The summed E-state index contributed by atoms with van der Waals surface area (Å²) in [6.07, 6.45) is 4.93. The van der Waals surface area contributed by atoms with Gasteiger partial charge in [-0.1, -0.05) is 12.1 Å². The van der Waals surface area contributed by atoms with Crippen LogP contribution in [0, 0.1) is 5.92 Å². The molecular formula is C17H22N4O. The molecule has 1 atom stereocenters. The van der Waals surface area contributed by atoms with E-state index in [1.807, 2.05) is 30.3 Å². The summed E-state index contributed by atoms with van der Waals surface area (Å²) in [4.78, 5) is 10.8. The van der Waals surface area contributed by atoms with Crippen LogP contribution in [0.5, 0.6) is 0 Å². The molecule has 0 bridgehead atoms. The molecule has 3 N–H and O–H groups in total. The average molecular weight is 298 g/mol. The summed E-state index contributed by atoms with van der Waals surface area (Å²) in [6, 6.07) is 9.64. The quantitative estimate of drug-likeness (QED) is 0.903. The summed E-state index contributed by atoms with van der Waals surface area (Å²) in [5.74, 6) is 0.885. The Bertz CT molecular complexity index is 597. The smallest absolute Gasteiger partial charge is 0.127 e. The zero-order chi connectivity index (χ0) is 15.4. The number of nitrogen functional groups attached to an aromatic ring is 1. The minimum Gasteiger partial charge on any atom is -0.387 e. The van der Waals surface area contributed by atoms with E-state index >= 15 is 0 Å². The maximum atomic E-state index is 10.5. The second-order valence-corrected chi connectivity index (χ2v) is 5.86. The SMILES string of the molecule is Nc1ncccc1CN1CCC(C(O)c2ccccn2)CC1. The van der Waals surface area contributed by atoms with E-state index in [0.717, 1.165) is 43.7 Å². The molecule has 2 aromatic rings. The zero-order valence-corrected chi connectivity index (χ0v) is 12.6. The number of nitrogens with zero attached hydrogens (tertiary/aromatic N) is 3. The van der Waals surface area contributed by atoms with Gasteiger partial charge in [0, 0.05) is 24.5 Å². The molecule has 1 fully saturated rings. The topological polar surface area (TPSA) is 75.3 Å². The molecule has 0 aliphatic carbocycles. The molecule has 5 nitrogen and oxygen atoms in total. The van der Waals surface area contributed by atoms with Crippen LogP contribution in [0.25, 0.3) is 0 Å². The highest BCUT2D eigenvalue weighted by Gasteiger charge is 2.27. The van der Waals surface area contributed by atoms with Gasteiger partial charge in [-0.15, -0.1) is 0 Å². The van der Waals surface area contributed by atoms with Crippen molar-refractivity contribution in [1.82, 2.24) is 14.9 Å². The van der Waals surface area contributed by atoms with E-state index in [-0.39, 0.29) is 5.92 Å². The molecule has 2 aromatic heterocycles. The third-order valence-corrected chi connectivity index (χ3v) is 4.39. The Hall–Kier alpha value is -1.98. The minimum atomic E-state index is -0.466. The summed E-state index contributed by atoms with van der Waals surface area (Å²) in [6.45, 7) is 2.75. The van der Waals surface area contributed by atoms with Crippen molar-refractivity contribution < 1.29 is 5.11 Å². The fourth-order valence-electron chi connectivity index (χ4n) is 3.04. The van der Waals surface area contributed by atoms with Gasteiger partial charge in [0.15, 0.2) is 0 Å². The van der Waals surface area contributed by atoms with Gasteiger partial charge in [0.1, 0.15) is 5.82 Å². The van der Waals surface area contributed by atoms with Crippen LogP contribution in [0.4, 0.5) is 5.82 Å². The van der Waals surface area contributed by atoms with Crippen molar-refractivity contribution in [3.63, 3.8) is 0 Å². The van der Waals surface area contributed by atoms with Gasteiger partial charge in [-0.05, 0) is 50.0 Å². The van der Waals surface area contributed by atoms with Crippen LogP contribution in [-0.4, -0.2) is 33.1 Å². The van der Waals surface area contributed by atoms with Gasteiger partial charge >= 0.3 is 0 Å². The van der Waals surface area contributed by atoms with E-state index in [0.29, 0.717) is 5.82 Å². The van der Waals surface area contributed by atoms with Crippen molar-refractivity contribution in [3.8, 4) is 0 Å². The largest absolute Gasteiger partial charge is 0.387 e. The number of hydrogen-bond acceptors (Lipinski definition) is 5. The maximum absolute atomic E-state index is 10.5. The molecule has 1 saturated heterocycles. The summed E-state index contributed by atoms with van der Waals surface area (Å²) in [5.41, 5.74) is 7.75. The third kappa shape index (κ3) is 3.43. The molecular weight excluding hydrogens is 276 g/mol. The Morgan fingerprint density at radius 3 is 2.59 bits per heavy atom. The number of piperidine rings is 1. The van der Waals surface area contributed by atoms with E-state index in [9.17, 15) is 5.11 Å². The van der Waals surface area contributed by atoms with Crippen molar-refractivity contribution in [2.75, 3.05) is 18.8 Å². The Morgan fingerprint density at radius 1 is 1.14 bits per heavy atom. The molecule has 22 heavy (non-hydrogen) atoms. The second kappa shape index (κ2) is 6.85. The van der Waals surface area contributed by atoms with Crippen LogP contribution < -0.4 is 5.73 Å². The van der Waals surface area contributed by atoms with E-state index in [2.05, 4.69) is 14.9 Å². The summed E-state index contributed by atoms with van der Waals surface area (Å²) in [5, 5.41) is 10.5. The first-order valence-electron chi connectivity index (χ1n) is 7.75. The fraction of sp³-hybridized carbons (Fsp3) is 0.412. The Balaban J connectivity index is 1.55. The highest BCUT2D eigenvalue weighted by Crippen LogP contribution is 2.30. The lowest BCUT2D eigenvalue weighted by Gasteiger charge is -2.34. The van der Waals surface area contributed by atoms with Crippen LogP contribution in [0.1, 0.15) is 30.2 Å². The van der Waals surface area contributed by atoms with Crippen LogP contribution in [0.3, 0.4) is 0 Å². The average Bonchev–Trinajstić information content (AvgIpc) is 2.58.